The molecule has 27 heavy (non-hydrogen) atoms. The molecule has 0 atom stereocenters. The lowest BCUT2D eigenvalue weighted by Crippen LogP contribution is -2.30. The van der Waals surface area contributed by atoms with E-state index >= 15 is 0 Å². The van der Waals surface area contributed by atoms with Crippen molar-refractivity contribution in [1.29, 1.82) is 0 Å². The summed E-state index contributed by atoms with van der Waals surface area (Å²) in [5, 5.41) is 5.23. The van der Waals surface area contributed by atoms with Crippen LogP contribution in [-0.2, 0) is 9.59 Å². The quantitative estimate of drug-likeness (QED) is 0.772. The minimum atomic E-state index is -0.661. The lowest BCUT2D eigenvalue weighted by atomic mass is 9.95. The number of halogens is 1. The molecule has 1 heterocycles. The minimum Gasteiger partial charge on any atom is -0.310 e. The van der Waals surface area contributed by atoms with E-state index in [2.05, 4.69) is 20.6 Å². The van der Waals surface area contributed by atoms with Crippen molar-refractivity contribution in [2.45, 2.75) is 41.5 Å². The number of benzene rings is 1. The Morgan fingerprint density at radius 1 is 0.889 bits per heavy atom. The lowest BCUT2D eigenvalue weighted by Gasteiger charge is -2.20. The predicted octanol–water partition coefficient (Wildman–Crippen LogP) is 3.98. The Bertz CT molecular complexity index is 927. The van der Waals surface area contributed by atoms with Gasteiger partial charge in [0.2, 0.25) is 17.8 Å². The molecule has 0 aliphatic rings. The number of rotatable bonds is 3. The SMILES string of the molecule is CC(C)(C)C(=O)Nc1nc(NC(=O)C(C)(C)C)c2cc(C(=O)Cl)ccc2n1. The molecule has 0 spiro atoms. The Labute approximate surface area is 162 Å². The number of carbonyl (C=O) groups is 3. The van der Waals surface area contributed by atoms with Gasteiger partial charge in [0.1, 0.15) is 5.82 Å². The number of nitrogens with zero attached hydrogens (tertiary/aromatic N) is 2. The monoisotopic (exact) mass is 390 g/mol. The molecule has 2 rings (SSSR count). The zero-order valence-electron chi connectivity index (χ0n) is 16.2. The summed E-state index contributed by atoms with van der Waals surface area (Å²) in [6, 6.07) is 4.62. The highest BCUT2D eigenvalue weighted by atomic mass is 35.5. The minimum absolute atomic E-state index is 0.0663. The van der Waals surface area contributed by atoms with Gasteiger partial charge in [-0.25, -0.2) is 4.98 Å². The van der Waals surface area contributed by atoms with Crippen molar-refractivity contribution in [3.05, 3.63) is 23.8 Å². The Morgan fingerprint density at radius 2 is 1.44 bits per heavy atom. The summed E-state index contributed by atoms with van der Waals surface area (Å²) in [5.74, 6) is -0.263. The summed E-state index contributed by atoms with van der Waals surface area (Å²) >= 11 is 5.56. The topological polar surface area (TPSA) is 101 Å². The van der Waals surface area contributed by atoms with E-state index in [0.29, 0.717) is 10.9 Å². The molecule has 0 bridgehead atoms. The van der Waals surface area contributed by atoms with Gasteiger partial charge in [0.15, 0.2) is 0 Å². The van der Waals surface area contributed by atoms with Gasteiger partial charge in [0.05, 0.1) is 5.52 Å². The number of carbonyl (C=O) groups excluding carboxylic acids is 3. The molecule has 2 aromatic rings. The maximum Gasteiger partial charge on any atom is 0.252 e. The molecule has 0 radical (unpaired) electrons. The average Bonchev–Trinajstić information content (AvgIpc) is 2.52. The smallest absolute Gasteiger partial charge is 0.252 e. The van der Waals surface area contributed by atoms with Crippen molar-refractivity contribution in [3.63, 3.8) is 0 Å². The molecule has 2 amide bonds. The normalized spacial score (nSPS) is 12.0. The van der Waals surface area contributed by atoms with E-state index < -0.39 is 16.1 Å². The van der Waals surface area contributed by atoms with Crippen LogP contribution >= 0.6 is 11.6 Å². The van der Waals surface area contributed by atoms with Crippen LogP contribution in [0.5, 0.6) is 0 Å². The number of nitrogens with one attached hydrogen (secondary N) is 2. The molecule has 7 nitrogen and oxygen atoms in total. The molecule has 1 aromatic heterocycles. The number of aromatic nitrogens is 2. The highest BCUT2D eigenvalue weighted by Gasteiger charge is 2.25. The van der Waals surface area contributed by atoms with Crippen LogP contribution in [0.2, 0.25) is 0 Å². The van der Waals surface area contributed by atoms with Gasteiger partial charge in [-0.1, -0.05) is 41.5 Å². The third-order valence-electron chi connectivity index (χ3n) is 3.74. The second-order valence-corrected chi connectivity index (χ2v) is 8.65. The summed E-state index contributed by atoms with van der Waals surface area (Å²) in [6.07, 6.45) is 0. The highest BCUT2D eigenvalue weighted by molar-refractivity contribution is 6.67. The molecular formula is C19H23ClN4O3. The van der Waals surface area contributed by atoms with Crippen molar-refractivity contribution in [1.82, 2.24) is 9.97 Å². The van der Waals surface area contributed by atoms with Crippen LogP contribution in [0, 0.1) is 10.8 Å². The molecule has 0 fully saturated rings. The van der Waals surface area contributed by atoms with Gasteiger partial charge in [0.25, 0.3) is 5.24 Å². The zero-order chi connectivity index (χ0) is 20.6. The van der Waals surface area contributed by atoms with Crippen LogP contribution in [0.4, 0.5) is 11.8 Å². The van der Waals surface area contributed by atoms with Gasteiger partial charge in [0, 0.05) is 21.8 Å². The lowest BCUT2D eigenvalue weighted by molar-refractivity contribution is -0.123. The fourth-order valence-corrected chi connectivity index (χ4v) is 2.10. The van der Waals surface area contributed by atoms with Crippen LogP contribution in [0.15, 0.2) is 18.2 Å². The molecule has 0 saturated heterocycles. The van der Waals surface area contributed by atoms with Crippen LogP contribution in [0.25, 0.3) is 10.9 Å². The second kappa shape index (κ2) is 7.23. The molecule has 2 N–H and O–H groups in total. The average molecular weight is 391 g/mol. The van der Waals surface area contributed by atoms with Crippen LogP contribution in [-0.4, -0.2) is 27.0 Å². The number of fused-ring (bicyclic) bond motifs is 1. The van der Waals surface area contributed by atoms with Crippen molar-refractivity contribution < 1.29 is 14.4 Å². The third-order valence-corrected chi connectivity index (χ3v) is 3.96. The molecular weight excluding hydrogens is 368 g/mol. The summed E-state index contributed by atoms with van der Waals surface area (Å²) < 4.78 is 0. The summed E-state index contributed by atoms with van der Waals surface area (Å²) in [4.78, 5) is 44.8. The first-order chi connectivity index (χ1) is 12.3. The van der Waals surface area contributed by atoms with Gasteiger partial charge >= 0.3 is 0 Å². The van der Waals surface area contributed by atoms with Crippen molar-refractivity contribution in [3.8, 4) is 0 Å². The first kappa shape index (κ1) is 20.8. The first-order valence-corrected chi connectivity index (χ1v) is 8.81. The molecule has 0 saturated carbocycles. The first-order valence-electron chi connectivity index (χ1n) is 8.43. The van der Waals surface area contributed by atoms with E-state index in [4.69, 9.17) is 11.6 Å². The molecule has 0 aliphatic heterocycles. The third kappa shape index (κ3) is 5.01. The number of hydrogen-bond donors (Lipinski definition) is 2. The second-order valence-electron chi connectivity index (χ2n) is 8.31. The maximum atomic E-state index is 12.4. The van der Waals surface area contributed by atoms with Crippen molar-refractivity contribution >= 4 is 51.3 Å². The van der Waals surface area contributed by atoms with E-state index in [-0.39, 0.29) is 29.1 Å². The Balaban J connectivity index is 2.58. The Hall–Kier alpha value is -2.54. The van der Waals surface area contributed by atoms with E-state index in [1.807, 2.05) is 0 Å². The Morgan fingerprint density at radius 3 is 1.96 bits per heavy atom. The predicted molar refractivity (Wildman–Crippen MR) is 106 cm³/mol. The summed E-state index contributed by atoms with van der Waals surface area (Å²) in [6.45, 7) is 10.6. The van der Waals surface area contributed by atoms with E-state index in [1.165, 1.54) is 12.1 Å². The van der Waals surface area contributed by atoms with Crippen LogP contribution in [0.3, 0.4) is 0 Å². The van der Waals surface area contributed by atoms with Gasteiger partial charge in [-0.2, -0.15) is 4.98 Å². The van der Waals surface area contributed by atoms with E-state index in [1.54, 1.807) is 47.6 Å². The van der Waals surface area contributed by atoms with Gasteiger partial charge in [-0.05, 0) is 29.8 Å². The number of anilines is 2. The summed E-state index contributed by atoms with van der Waals surface area (Å²) in [7, 11) is 0. The molecule has 1 aromatic carbocycles. The van der Waals surface area contributed by atoms with Gasteiger partial charge < -0.3 is 5.32 Å². The fraction of sp³-hybridized carbons (Fsp3) is 0.421. The van der Waals surface area contributed by atoms with Crippen LogP contribution in [0.1, 0.15) is 51.9 Å². The van der Waals surface area contributed by atoms with Crippen molar-refractivity contribution in [2.75, 3.05) is 10.6 Å². The number of amides is 2. The van der Waals surface area contributed by atoms with Crippen molar-refractivity contribution in [2.24, 2.45) is 10.8 Å². The summed E-state index contributed by atoms with van der Waals surface area (Å²) in [5.41, 5.74) is -0.584. The molecule has 0 aliphatic carbocycles. The molecule has 144 valence electrons. The fourth-order valence-electron chi connectivity index (χ4n) is 1.99. The molecule has 8 heteroatoms. The van der Waals surface area contributed by atoms with E-state index in [9.17, 15) is 14.4 Å². The van der Waals surface area contributed by atoms with Crippen LogP contribution < -0.4 is 10.6 Å². The number of hydrogen-bond acceptors (Lipinski definition) is 5. The van der Waals surface area contributed by atoms with Gasteiger partial charge in [-0.15, -0.1) is 0 Å². The van der Waals surface area contributed by atoms with Gasteiger partial charge in [-0.3, -0.25) is 19.7 Å². The molecule has 0 unspecified atom stereocenters. The largest absolute Gasteiger partial charge is 0.310 e. The highest BCUT2D eigenvalue weighted by Crippen LogP contribution is 2.27. The zero-order valence-corrected chi connectivity index (χ0v) is 17.0. The maximum absolute atomic E-state index is 12.4. The standard InChI is InChI=1S/C19H23ClN4O3/c1-18(2,3)15(26)22-14-11-9-10(13(20)25)7-8-12(11)21-17(23-14)24-16(27)19(4,5)6/h7-9H,1-6H3,(H2,21,22,23,24,26,27). The van der Waals surface area contributed by atoms with E-state index in [0.717, 1.165) is 0 Å². The Kier molecular flexibility index (Phi) is 5.56.